The third-order valence-electron chi connectivity index (χ3n) is 22.7. The van der Waals surface area contributed by atoms with E-state index in [0.29, 0.717) is 5.69 Å². The summed E-state index contributed by atoms with van der Waals surface area (Å²) in [5.74, 6) is -19.2. The molecule has 0 saturated carbocycles. The Labute approximate surface area is 873 Å². The SMILES string of the molecule is CC(C)C[C@@H](NC(=O)[C@@H](CCCNC(=N)N)NC(=O)[C@@H](CC(C)C)NC(=O)[C@@H](CC(C)C)NC(=O)[C@@H](CCCNC(=N)N)NC(=O)[C@@H](CCCNC(=N)N)NC(=O)[C@@H](CC(C)C)NC(=O)[C@@H](CCCNC(=N)N)NC(=O)[C@@H](CC(C)C)NC(=O)[C@@H](CC(C)C)NC(=O)[C@@H](CCCNC(=N)N)NC(=O)[C@@H](CC(C)C)NC(=O)[C@@H](CC(C)C)NC(=O)[C@@H](CCCNC(=N)N)NC(=O)CNC(=O)CNC(=O)[C@H](N)Cc1cnc[nH]1)C(N)=O. The van der Waals surface area contributed by atoms with Crippen LogP contribution in [0.3, 0.4) is 0 Å². The molecule has 55 heteroatoms. The van der Waals surface area contributed by atoms with Crippen molar-refractivity contribution in [1.29, 1.82) is 32.5 Å². The number of carbonyl (C=O) groups is 17. The van der Waals surface area contributed by atoms with Crippen LogP contribution in [0.15, 0.2) is 12.5 Å². The molecule has 45 N–H and O–H groups in total. The van der Waals surface area contributed by atoms with E-state index >= 15 is 28.8 Å². The number of H-pyrrole nitrogens is 1. The maximum absolute atomic E-state index is 15.1. The number of aromatic nitrogens is 2. The molecule has 0 spiro atoms. The first-order valence-corrected chi connectivity index (χ1v) is 51.1. The molecule has 0 aliphatic carbocycles. The molecule has 1 heterocycles. The van der Waals surface area contributed by atoms with Crippen molar-refractivity contribution in [2.75, 3.05) is 52.4 Å². The van der Waals surface area contributed by atoms with Crippen molar-refractivity contribution >= 4 is 136 Å². The van der Waals surface area contributed by atoms with E-state index in [1.54, 1.807) is 96.9 Å². The molecular weight excluding hydrogens is 1930 g/mol. The van der Waals surface area contributed by atoms with Crippen molar-refractivity contribution in [3.63, 3.8) is 0 Å². The predicted molar refractivity (Wildman–Crippen MR) is 563 cm³/mol. The summed E-state index contributed by atoms with van der Waals surface area (Å²) < 4.78 is 0. The summed E-state index contributed by atoms with van der Waals surface area (Å²) in [6, 6.07) is -20.8. The van der Waals surface area contributed by atoms with Gasteiger partial charge in [-0.2, -0.15) is 0 Å². The number of hydrogen-bond acceptors (Lipinski definition) is 25. The lowest BCUT2D eigenvalue weighted by atomic mass is 9.98. The van der Waals surface area contributed by atoms with Gasteiger partial charge in [0.25, 0.3) is 0 Å². The second-order valence-electron chi connectivity index (χ2n) is 40.6. The lowest BCUT2D eigenvalue weighted by Crippen LogP contribution is -2.61. The Hall–Kier alpha value is -14.2. The summed E-state index contributed by atoms with van der Waals surface area (Å²) in [7, 11) is 0. The van der Waals surface area contributed by atoms with Crippen molar-refractivity contribution in [1.82, 2.24) is 127 Å². The highest BCUT2D eigenvalue weighted by molar-refractivity contribution is 6.01. The first-order chi connectivity index (χ1) is 69.8. The van der Waals surface area contributed by atoms with Crippen LogP contribution in [-0.4, -0.2) is 289 Å². The number of nitrogens with two attached hydrogens (primary N) is 8. The van der Waals surface area contributed by atoms with Gasteiger partial charge in [0.05, 0.1) is 25.5 Å². The number of guanidine groups is 6. The molecule has 1 aromatic rings. The van der Waals surface area contributed by atoms with Gasteiger partial charge in [0.15, 0.2) is 35.8 Å². The summed E-state index contributed by atoms with van der Waals surface area (Å²) in [5, 5.41) is 105. The summed E-state index contributed by atoms with van der Waals surface area (Å²) >= 11 is 0. The smallest absolute Gasteiger partial charge is 0.243 e. The molecule has 0 aromatic carbocycles. The van der Waals surface area contributed by atoms with Gasteiger partial charge in [-0.1, -0.05) is 111 Å². The largest absolute Gasteiger partial charge is 0.370 e. The zero-order valence-corrected chi connectivity index (χ0v) is 89.4. The number of aromatic amines is 1. The lowest BCUT2D eigenvalue weighted by Gasteiger charge is -2.30. The fraction of sp³-hybridized carbons (Fsp3) is 0.723. The van der Waals surface area contributed by atoms with Crippen LogP contribution in [0.25, 0.3) is 0 Å². The molecule has 149 heavy (non-hydrogen) atoms. The Balaban J connectivity index is 3.97. The number of carbonyl (C=O) groups excluding carboxylic acids is 17. The van der Waals surface area contributed by atoms with Gasteiger partial charge < -0.3 is 168 Å². The van der Waals surface area contributed by atoms with Crippen LogP contribution in [0, 0.1) is 79.8 Å². The van der Waals surface area contributed by atoms with Gasteiger partial charge in [0.2, 0.25) is 100 Å². The van der Waals surface area contributed by atoms with E-state index < -0.39 is 228 Å². The van der Waals surface area contributed by atoms with E-state index in [9.17, 15) is 52.7 Å². The normalized spacial score (nSPS) is 14.3. The van der Waals surface area contributed by atoms with Gasteiger partial charge in [-0.15, -0.1) is 0 Å². The molecule has 17 amide bonds. The van der Waals surface area contributed by atoms with Crippen LogP contribution in [0.2, 0.25) is 0 Å². The standard InChI is InChI=1S/C94H176N38O17/c1-48(2)35-64(74(96)135)125-78(139)60(25-19-31-112-91(101)102)122-83(144)66(37-50(5)6)131-87(148)70(41-54(13)14)128-79(140)61(26-20-32-113-92(103)104)120-77(138)59(24-18-30-111-90(99)100)121-82(143)65(36-49(3)4)127-80(141)62(27-21-33-114-93(105)106)123-85(146)68(39-52(9)10)132-88(149)71(42-55(15)16)129-81(142)63(28-22-34-115-94(107)108)124-84(145)67(38-51(7)8)130-86(147)69(40-53(11)12)126-76(137)58(23-17-29-110-89(97)98)119-73(134)46-116-72(133)45-117-75(136)57(95)43-56-44-109-47-118-56/h44,47-55,57-71H,17-43,45-46,95H2,1-16H3,(H2,96,135)(H,109,118)(H,116,133)(H,117,136)(H,119,134)(H,120,138)(H,121,143)(H,122,144)(H,123,146)(H,124,145)(H,125,139)(H,126,137)(H,127,141)(H,128,140)(H,129,142)(H,130,147)(H,131,148)(H,132,149)(H4,97,98,110)(H4,99,100,111)(H4,101,102,112)(H4,103,104,113)(H4,105,106,114)(H4,107,108,115)/t57-,58-,59-,60-,61-,62-,63-,64-,65-,66-,67-,68-,69-,70-,71-/m1/s1. The summed E-state index contributed by atoms with van der Waals surface area (Å²) in [5.41, 5.74) is 45.8. The highest BCUT2D eigenvalue weighted by atomic mass is 16.2. The maximum Gasteiger partial charge on any atom is 0.243 e. The summed E-state index contributed by atoms with van der Waals surface area (Å²) in [6.07, 6.45) is 2.56. The summed E-state index contributed by atoms with van der Waals surface area (Å²) in [6.45, 7) is 27.3. The number of imidazole rings is 1. The number of nitrogens with zero attached hydrogens (tertiary/aromatic N) is 1. The fourth-order valence-electron chi connectivity index (χ4n) is 15.5. The number of primary amides is 1. The van der Waals surface area contributed by atoms with Crippen molar-refractivity contribution < 1.29 is 81.5 Å². The Kier molecular flexibility index (Phi) is 63.6. The Morgan fingerprint density at radius 3 is 0.617 bits per heavy atom. The average Bonchev–Trinajstić information content (AvgIpc) is 1.44. The van der Waals surface area contributed by atoms with Crippen LogP contribution in [0.5, 0.6) is 0 Å². The molecule has 0 fully saturated rings. The second-order valence-corrected chi connectivity index (χ2v) is 40.6. The van der Waals surface area contributed by atoms with Crippen molar-refractivity contribution in [2.24, 2.45) is 93.2 Å². The Morgan fingerprint density at radius 2 is 0.430 bits per heavy atom. The maximum atomic E-state index is 15.1. The van der Waals surface area contributed by atoms with E-state index in [0.717, 1.165) is 0 Å². The molecule has 0 bridgehead atoms. The van der Waals surface area contributed by atoms with Crippen LogP contribution >= 0.6 is 0 Å². The third-order valence-corrected chi connectivity index (χ3v) is 22.7. The number of amides is 17. The summed E-state index contributed by atoms with van der Waals surface area (Å²) in [4.78, 5) is 251. The van der Waals surface area contributed by atoms with E-state index in [1.165, 1.54) is 12.5 Å². The molecule has 0 unspecified atom stereocenters. The van der Waals surface area contributed by atoms with Crippen LogP contribution in [-0.2, 0) is 87.9 Å². The first kappa shape index (κ1) is 133. The molecule has 15 atom stereocenters. The molecule has 0 saturated heterocycles. The monoisotopic (exact) mass is 2110 g/mol. The predicted octanol–water partition coefficient (Wildman–Crippen LogP) is -6.27. The van der Waals surface area contributed by atoms with Crippen molar-refractivity contribution in [3.8, 4) is 0 Å². The molecule has 0 aliphatic rings. The molecular formula is C94H176N38O17. The van der Waals surface area contributed by atoms with Gasteiger partial charge in [0.1, 0.15) is 84.6 Å². The van der Waals surface area contributed by atoms with Gasteiger partial charge in [-0.05, 0) is 176 Å². The quantitative estimate of drug-likeness (QED) is 0.0164. The van der Waals surface area contributed by atoms with E-state index in [-0.39, 0.29) is 233 Å². The average molecular weight is 2110 g/mol. The third kappa shape index (κ3) is 60.0. The zero-order valence-electron chi connectivity index (χ0n) is 89.4. The molecule has 55 nitrogen and oxygen atoms in total. The molecule has 1 rings (SSSR count). The number of hydrogen-bond donors (Lipinski definition) is 37. The molecule has 0 aliphatic heterocycles. The topological polar surface area (TPSA) is 935 Å². The lowest BCUT2D eigenvalue weighted by molar-refractivity contribution is -0.137. The van der Waals surface area contributed by atoms with E-state index in [1.807, 2.05) is 13.8 Å². The minimum Gasteiger partial charge on any atom is -0.370 e. The highest BCUT2D eigenvalue weighted by Crippen LogP contribution is 2.19. The molecule has 0 radical (unpaired) electrons. The minimum atomic E-state index is -1.55. The number of rotatable bonds is 75. The highest BCUT2D eigenvalue weighted by Gasteiger charge is 2.40. The van der Waals surface area contributed by atoms with E-state index in [4.69, 9.17) is 78.3 Å². The first-order valence-electron chi connectivity index (χ1n) is 51.1. The minimum absolute atomic E-state index is 0.00598. The van der Waals surface area contributed by atoms with Crippen LogP contribution in [0.1, 0.15) is 245 Å². The fourth-order valence-corrected chi connectivity index (χ4v) is 15.5. The van der Waals surface area contributed by atoms with Gasteiger partial charge in [-0.25, -0.2) is 4.98 Å². The van der Waals surface area contributed by atoms with Crippen LogP contribution < -0.4 is 163 Å². The molecule has 844 valence electrons. The Morgan fingerprint density at radius 1 is 0.248 bits per heavy atom. The van der Waals surface area contributed by atoms with Crippen molar-refractivity contribution in [2.45, 2.75) is 336 Å². The number of nitrogens with one attached hydrogen (secondary N) is 29. The van der Waals surface area contributed by atoms with Gasteiger partial charge >= 0.3 is 0 Å². The Bertz CT molecular complexity index is 4500. The second kappa shape index (κ2) is 71.4. The van der Waals surface area contributed by atoms with Gasteiger partial charge in [-0.3, -0.25) is 114 Å². The van der Waals surface area contributed by atoms with Crippen molar-refractivity contribution in [3.05, 3.63) is 18.2 Å². The molecule has 1 aromatic heterocycles. The van der Waals surface area contributed by atoms with E-state index in [2.05, 4.69) is 127 Å². The van der Waals surface area contributed by atoms with Gasteiger partial charge in [0, 0.05) is 57.6 Å². The zero-order chi connectivity index (χ0) is 113. The van der Waals surface area contributed by atoms with Crippen LogP contribution in [0.4, 0.5) is 0 Å².